The molecule has 5 nitrogen and oxygen atoms in total. The van der Waals surface area contributed by atoms with Crippen LogP contribution in [0.5, 0.6) is 5.75 Å². The second-order valence-corrected chi connectivity index (χ2v) is 15.6. The zero-order chi connectivity index (χ0) is 25.1. The van der Waals surface area contributed by atoms with Gasteiger partial charge in [0.15, 0.2) is 8.32 Å². The van der Waals surface area contributed by atoms with Crippen molar-refractivity contribution >= 4 is 14.2 Å². The molecule has 0 aliphatic carbocycles. The van der Waals surface area contributed by atoms with Crippen molar-refractivity contribution in [2.24, 2.45) is 0 Å². The van der Waals surface area contributed by atoms with Gasteiger partial charge in [-0.25, -0.2) is 4.39 Å². The van der Waals surface area contributed by atoms with Crippen LogP contribution in [-0.4, -0.2) is 45.4 Å². The van der Waals surface area contributed by atoms with Crippen LogP contribution in [0.2, 0.25) is 18.1 Å². The molecule has 2 aromatic rings. The third kappa shape index (κ3) is 5.37. The molecule has 1 aliphatic heterocycles. The lowest BCUT2D eigenvalue weighted by atomic mass is 9.96. The van der Waals surface area contributed by atoms with Gasteiger partial charge in [-0.1, -0.05) is 51.1 Å². The molecule has 3 rings (SSSR count). The fraction of sp³-hybridized carbons (Fsp3) is 0.519. The first-order valence-corrected chi connectivity index (χ1v) is 14.9. The Bertz CT molecular complexity index is 990. The van der Waals surface area contributed by atoms with Gasteiger partial charge in [0.2, 0.25) is 5.91 Å². The Morgan fingerprint density at radius 3 is 2.41 bits per heavy atom. The van der Waals surface area contributed by atoms with Gasteiger partial charge < -0.3 is 14.5 Å². The van der Waals surface area contributed by atoms with Crippen LogP contribution in [0, 0.1) is 5.82 Å². The van der Waals surface area contributed by atoms with Gasteiger partial charge in [-0.3, -0.25) is 9.69 Å². The van der Waals surface area contributed by atoms with Crippen LogP contribution in [0.25, 0.3) is 0 Å². The molecule has 34 heavy (non-hydrogen) atoms. The molecule has 0 bridgehead atoms. The first-order chi connectivity index (χ1) is 15.9. The lowest BCUT2D eigenvalue weighted by molar-refractivity contribution is -0.133. The molecule has 0 saturated carbocycles. The van der Waals surface area contributed by atoms with Crippen molar-refractivity contribution in [1.29, 1.82) is 0 Å². The van der Waals surface area contributed by atoms with Gasteiger partial charge in [-0.05, 0) is 61.8 Å². The first kappa shape index (κ1) is 26.4. The van der Waals surface area contributed by atoms with E-state index >= 15 is 0 Å². The maximum Gasteiger partial charge on any atom is 0.242 e. The van der Waals surface area contributed by atoms with E-state index in [9.17, 15) is 9.18 Å². The second kappa shape index (κ2) is 10.2. The summed E-state index contributed by atoms with van der Waals surface area (Å²) in [5.41, 5.74) is 0.952. The van der Waals surface area contributed by atoms with E-state index in [4.69, 9.17) is 9.16 Å². The fourth-order valence-corrected chi connectivity index (χ4v) is 5.29. The van der Waals surface area contributed by atoms with E-state index in [1.54, 1.807) is 25.2 Å². The van der Waals surface area contributed by atoms with Crippen LogP contribution in [0.4, 0.5) is 4.39 Å². The van der Waals surface area contributed by atoms with E-state index < -0.39 is 13.9 Å². The molecule has 0 aromatic heterocycles. The van der Waals surface area contributed by atoms with Gasteiger partial charge in [0.05, 0.1) is 6.61 Å². The van der Waals surface area contributed by atoms with E-state index in [-0.39, 0.29) is 29.4 Å². The van der Waals surface area contributed by atoms with Gasteiger partial charge >= 0.3 is 0 Å². The molecule has 7 heteroatoms. The molecule has 1 heterocycles. The fourth-order valence-electron chi connectivity index (χ4n) is 4.26. The Morgan fingerprint density at radius 2 is 1.82 bits per heavy atom. The van der Waals surface area contributed by atoms with Gasteiger partial charge in [0.25, 0.3) is 0 Å². The molecule has 1 fully saturated rings. The van der Waals surface area contributed by atoms with E-state index in [0.29, 0.717) is 17.9 Å². The van der Waals surface area contributed by atoms with Crippen molar-refractivity contribution in [3.05, 3.63) is 65.5 Å². The van der Waals surface area contributed by atoms with Gasteiger partial charge in [0.1, 0.15) is 23.7 Å². The van der Waals surface area contributed by atoms with E-state index in [1.807, 2.05) is 31.3 Å². The standard InChI is InChI=1S/C27H39FN2O3Si/c1-26(2,3)34(6,7)33-19-27(25(31)29-4)17-16-24(30(27)5)20-12-14-22(15-13-20)32-18-21-10-8-9-11-23(21)28/h8-15,24H,16-19H2,1-7H3,(H,29,31)/t24-,27-/m1/s1. The Morgan fingerprint density at radius 1 is 1.18 bits per heavy atom. The van der Waals surface area contributed by atoms with E-state index in [0.717, 1.165) is 18.4 Å². The van der Waals surface area contributed by atoms with Crippen LogP contribution in [0.1, 0.15) is 50.8 Å². The largest absolute Gasteiger partial charge is 0.489 e. The third-order valence-electron chi connectivity index (χ3n) is 7.72. The summed E-state index contributed by atoms with van der Waals surface area (Å²) in [5, 5.41) is 2.95. The van der Waals surface area contributed by atoms with E-state index in [2.05, 4.69) is 44.1 Å². The maximum atomic E-state index is 13.8. The Labute approximate surface area is 204 Å². The summed E-state index contributed by atoms with van der Waals surface area (Å²) in [6.45, 7) is 11.6. The number of amides is 1. The second-order valence-electron chi connectivity index (χ2n) is 10.8. The summed E-state index contributed by atoms with van der Waals surface area (Å²) in [5.74, 6) is 0.421. The average molecular weight is 487 g/mol. The quantitative estimate of drug-likeness (QED) is 0.488. The van der Waals surface area contributed by atoms with E-state index in [1.165, 1.54) is 6.07 Å². The molecule has 1 saturated heterocycles. The number of likely N-dealkylation sites (N-methyl/N-ethyl adjacent to an activating group) is 2. The molecule has 1 amide bonds. The highest BCUT2D eigenvalue weighted by atomic mass is 28.4. The highest BCUT2D eigenvalue weighted by molar-refractivity contribution is 6.74. The molecule has 186 valence electrons. The summed E-state index contributed by atoms with van der Waals surface area (Å²) in [4.78, 5) is 15.3. The summed E-state index contributed by atoms with van der Waals surface area (Å²) >= 11 is 0. The zero-order valence-corrected chi connectivity index (χ0v) is 22.6. The normalized spacial score (nSPS) is 21.5. The molecule has 2 atom stereocenters. The number of likely N-dealkylation sites (tertiary alicyclic amines) is 1. The number of hydrogen-bond donors (Lipinski definition) is 1. The SMILES string of the molecule is CNC(=O)[C@]1(CO[Si](C)(C)C(C)(C)C)CC[C@H](c2ccc(OCc3ccccc3F)cc2)N1C. The minimum absolute atomic E-state index is 0.000973. The highest BCUT2D eigenvalue weighted by Gasteiger charge is 2.51. The molecular weight excluding hydrogens is 447 g/mol. The van der Waals surface area contributed by atoms with Crippen LogP contribution in [-0.2, 0) is 15.8 Å². The Hall–Kier alpha value is -2.22. The molecule has 1 N–H and O–H groups in total. The lowest BCUT2D eigenvalue weighted by Crippen LogP contribution is -2.59. The number of nitrogens with one attached hydrogen (secondary N) is 1. The topological polar surface area (TPSA) is 50.8 Å². The first-order valence-electron chi connectivity index (χ1n) is 12.0. The van der Waals surface area contributed by atoms with Gasteiger partial charge in [-0.15, -0.1) is 0 Å². The number of benzene rings is 2. The minimum Gasteiger partial charge on any atom is -0.489 e. The summed E-state index contributed by atoms with van der Waals surface area (Å²) in [7, 11) is 1.70. The van der Waals surface area contributed by atoms with Crippen molar-refractivity contribution in [2.45, 2.75) is 69.9 Å². The molecule has 0 radical (unpaired) electrons. The highest BCUT2D eigenvalue weighted by Crippen LogP contribution is 2.44. The molecule has 2 aromatic carbocycles. The third-order valence-corrected chi connectivity index (χ3v) is 12.2. The smallest absolute Gasteiger partial charge is 0.242 e. The van der Waals surface area contributed by atoms with Gasteiger partial charge in [0, 0.05) is 18.7 Å². The molecule has 1 aliphatic rings. The van der Waals surface area contributed by atoms with Crippen LogP contribution in [0.3, 0.4) is 0 Å². The summed E-state index contributed by atoms with van der Waals surface area (Å²) in [6.07, 6.45) is 1.59. The average Bonchev–Trinajstić information content (AvgIpc) is 3.13. The van der Waals surface area contributed by atoms with Crippen LogP contribution >= 0.6 is 0 Å². The number of ether oxygens (including phenoxy) is 1. The number of carbonyl (C=O) groups is 1. The van der Waals surface area contributed by atoms with Crippen molar-refractivity contribution < 1.29 is 18.3 Å². The zero-order valence-electron chi connectivity index (χ0n) is 21.6. The molecule has 0 unspecified atom stereocenters. The maximum absolute atomic E-state index is 13.8. The predicted molar refractivity (Wildman–Crippen MR) is 137 cm³/mol. The number of halogens is 1. The monoisotopic (exact) mass is 486 g/mol. The summed E-state index contributed by atoms with van der Waals surface area (Å²) < 4.78 is 26.2. The number of nitrogens with zero attached hydrogens (tertiary/aromatic N) is 1. The number of rotatable bonds is 8. The molecule has 0 spiro atoms. The number of carbonyl (C=O) groups excluding carboxylic acids is 1. The minimum atomic E-state index is -2.01. The van der Waals surface area contributed by atoms with Crippen molar-refractivity contribution in [3.8, 4) is 5.75 Å². The van der Waals surface area contributed by atoms with Crippen molar-refractivity contribution in [2.75, 3.05) is 20.7 Å². The predicted octanol–water partition coefficient (Wildman–Crippen LogP) is 5.68. The van der Waals surface area contributed by atoms with Crippen molar-refractivity contribution in [3.63, 3.8) is 0 Å². The molecular formula is C27H39FN2O3Si. The Kier molecular flexibility index (Phi) is 7.90. The lowest BCUT2D eigenvalue weighted by Gasteiger charge is -2.42. The Balaban J connectivity index is 1.73. The van der Waals surface area contributed by atoms with Crippen LogP contribution in [0.15, 0.2) is 48.5 Å². The number of hydrogen-bond acceptors (Lipinski definition) is 4. The van der Waals surface area contributed by atoms with Crippen LogP contribution < -0.4 is 10.1 Å². The van der Waals surface area contributed by atoms with Crippen molar-refractivity contribution in [1.82, 2.24) is 10.2 Å². The van der Waals surface area contributed by atoms with Gasteiger partial charge in [-0.2, -0.15) is 0 Å². The summed E-state index contributed by atoms with van der Waals surface area (Å²) in [6, 6.07) is 14.6.